The van der Waals surface area contributed by atoms with Crippen LogP contribution in [0, 0.1) is 9.49 Å². The predicted octanol–water partition coefficient (Wildman–Crippen LogP) is 4.22. The van der Waals surface area contributed by atoms with E-state index in [0.717, 1.165) is 17.5 Å². The molecule has 2 aromatic rings. The van der Waals surface area contributed by atoms with Crippen molar-refractivity contribution in [3.63, 3.8) is 0 Å². The number of imidazole rings is 1. The first-order chi connectivity index (χ1) is 8.52. The summed E-state index contributed by atoms with van der Waals surface area (Å²) in [6, 6.07) is 6.70. The SMILES string of the molecule is CCC(C)CC(C)n1c(N)nc2cc(I)ccc21. The van der Waals surface area contributed by atoms with Gasteiger partial charge in [-0.1, -0.05) is 20.3 Å². The maximum Gasteiger partial charge on any atom is 0.201 e. The van der Waals surface area contributed by atoms with Crippen molar-refractivity contribution in [3.05, 3.63) is 21.8 Å². The maximum absolute atomic E-state index is 6.07. The molecule has 0 aliphatic rings. The maximum atomic E-state index is 6.07. The summed E-state index contributed by atoms with van der Waals surface area (Å²) in [5.41, 5.74) is 8.21. The van der Waals surface area contributed by atoms with Crippen molar-refractivity contribution in [2.45, 2.75) is 39.7 Å². The van der Waals surface area contributed by atoms with Gasteiger partial charge in [0.2, 0.25) is 5.95 Å². The molecule has 2 unspecified atom stereocenters. The summed E-state index contributed by atoms with van der Waals surface area (Å²) in [7, 11) is 0. The van der Waals surface area contributed by atoms with Crippen molar-refractivity contribution in [2.75, 3.05) is 5.73 Å². The number of hydrogen-bond donors (Lipinski definition) is 1. The summed E-state index contributed by atoms with van der Waals surface area (Å²) in [4.78, 5) is 4.46. The van der Waals surface area contributed by atoms with Crippen molar-refractivity contribution < 1.29 is 0 Å². The van der Waals surface area contributed by atoms with Gasteiger partial charge < -0.3 is 10.3 Å². The third kappa shape index (κ3) is 2.63. The van der Waals surface area contributed by atoms with Gasteiger partial charge in [0.15, 0.2) is 0 Å². The second kappa shape index (κ2) is 5.47. The highest BCUT2D eigenvalue weighted by Gasteiger charge is 2.15. The van der Waals surface area contributed by atoms with E-state index in [4.69, 9.17) is 5.73 Å². The Morgan fingerprint density at radius 2 is 2.11 bits per heavy atom. The first-order valence-electron chi connectivity index (χ1n) is 6.45. The summed E-state index contributed by atoms with van der Waals surface area (Å²) in [6.45, 7) is 6.74. The molecule has 18 heavy (non-hydrogen) atoms. The normalized spacial score (nSPS) is 14.9. The van der Waals surface area contributed by atoms with Crippen molar-refractivity contribution in [2.24, 2.45) is 5.92 Å². The summed E-state index contributed by atoms with van der Waals surface area (Å²) >= 11 is 2.30. The third-order valence-corrected chi connectivity index (χ3v) is 4.23. The number of anilines is 1. The Hall–Kier alpha value is -0.780. The summed E-state index contributed by atoms with van der Waals surface area (Å²) in [6.07, 6.45) is 2.34. The van der Waals surface area contributed by atoms with Crippen LogP contribution in [0.4, 0.5) is 5.95 Å². The van der Waals surface area contributed by atoms with Crippen molar-refractivity contribution in [3.8, 4) is 0 Å². The third-order valence-electron chi connectivity index (χ3n) is 3.56. The molecule has 0 saturated carbocycles. The molecule has 1 aromatic carbocycles. The lowest BCUT2D eigenvalue weighted by atomic mass is 10.00. The highest BCUT2D eigenvalue weighted by molar-refractivity contribution is 14.1. The van der Waals surface area contributed by atoms with Crippen molar-refractivity contribution in [1.29, 1.82) is 0 Å². The minimum Gasteiger partial charge on any atom is -0.369 e. The van der Waals surface area contributed by atoms with E-state index in [-0.39, 0.29) is 0 Å². The largest absolute Gasteiger partial charge is 0.369 e. The lowest BCUT2D eigenvalue weighted by Gasteiger charge is -2.19. The standard InChI is InChI=1S/C14H20IN3/c1-4-9(2)7-10(3)18-13-6-5-11(15)8-12(13)17-14(18)16/h5-6,8-10H,4,7H2,1-3H3,(H2,16,17). The van der Waals surface area contributed by atoms with Gasteiger partial charge in [0.25, 0.3) is 0 Å². The molecule has 0 amide bonds. The van der Waals surface area contributed by atoms with Gasteiger partial charge in [-0.05, 0) is 60.1 Å². The molecule has 0 aliphatic heterocycles. The number of rotatable bonds is 4. The zero-order valence-corrected chi connectivity index (χ0v) is 13.3. The number of benzene rings is 1. The lowest BCUT2D eigenvalue weighted by molar-refractivity contribution is 0.407. The predicted molar refractivity (Wildman–Crippen MR) is 85.6 cm³/mol. The molecule has 2 rings (SSSR count). The van der Waals surface area contributed by atoms with Crippen LogP contribution in [0.2, 0.25) is 0 Å². The van der Waals surface area contributed by atoms with Crippen LogP contribution in [0.25, 0.3) is 11.0 Å². The van der Waals surface area contributed by atoms with Crippen LogP contribution in [0.1, 0.15) is 39.7 Å². The van der Waals surface area contributed by atoms with Gasteiger partial charge in [-0.15, -0.1) is 0 Å². The number of nitrogen functional groups attached to an aromatic ring is 1. The number of halogens is 1. The zero-order chi connectivity index (χ0) is 13.3. The fraction of sp³-hybridized carbons (Fsp3) is 0.500. The Bertz CT molecular complexity index is 547. The average Bonchev–Trinajstić information content (AvgIpc) is 2.63. The summed E-state index contributed by atoms with van der Waals surface area (Å²) < 4.78 is 3.36. The van der Waals surface area contributed by atoms with Crippen LogP contribution in [-0.2, 0) is 0 Å². The molecule has 0 spiro atoms. The highest BCUT2D eigenvalue weighted by Crippen LogP contribution is 2.28. The molecule has 4 heteroatoms. The molecule has 0 fully saturated rings. The number of aromatic nitrogens is 2. The topological polar surface area (TPSA) is 43.8 Å². The quantitative estimate of drug-likeness (QED) is 0.833. The molecule has 0 bridgehead atoms. The van der Waals surface area contributed by atoms with E-state index in [1.807, 2.05) is 0 Å². The fourth-order valence-corrected chi connectivity index (χ4v) is 2.88. The van der Waals surface area contributed by atoms with Crippen LogP contribution in [0.5, 0.6) is 0 Å². The van der Waals surface area contributed by atoms with Gasteiger partial charge in [-0.3, -0.25) is 0 Å². The fourth-order valence-electron chi connectivity index (χ4n) is 2.41. The van der Waals surface area contributed by atoms with E-state index in [9.17, 15) is 0 Å². The van der Waals surface area contributed by atoms with Crippen molar-refractivity contribution >= 4 is 39.6 Å². The van der Waals surface area contributed by atoms with Gasteiger partial charge in [0, 0.05) is 9.61 Å². The van der Waals surface area contributed by atoms with Crippen molar-refractivity contribution in [1.82, 2.24) is 9.55 Å². The lowest BCUT2D eigenvalue weighted by Crippen LogP contribution is -2.11. The van der Waals surface area contributed by atoms with E-state index in [0.29, 0.717) is 17.9 Å². The number of nitrogens with two attached hydrogens (primary N) is 1. The Kier molecular flexibility index (Phi) is 4.14. The monoisotopic (exact) mass is 357 g/mol. The van der Waals surface area contributed by atoms with Crippen LogP contribution in [-0.4, -0.2) is 9.55 Å². The van der Waals surface area contributed by atoms with Gasteiger partial charge >= 0.3 is 0 Å². The zero-order valence-electron chi connectivity index (χ0n) is 11.2. The van der Waals surface area contributed by atoms with E-state index < -0.39 is 0 Å². The summed E-state index contributed by atoms with van der Waals surface area (Å²) in [5, 5.41) is 0. The van der Waals surface area contributed by atoms with Crippen LogP contribution >= 0.6 is 22.6 Å². The second-order valence-electron chi connectivity index (χ2n) is 5.07. The van der Waals surface area contributed by atoms with E-state index in [1.54, 1.807) is 0 Å². The van der Waals surface area contributed by atoms with Gasteiger partial charge in [-0.25, -0.2) is 4.98 Å². The Morgan fingerprint density at radius 1 is 1.39 bits per heavy atom. The Balaban J connectivity index is 2.40. The molecule has 2 atom stereocenters. The number of hydrogen-bond acceptors (Lipinski definition) is 2. The van der Waals surface area contributed by atoms with Gasteiger partial charge in [0.05, 0.1) is 11.0 Å². The molecule has 3 nitrogen and oxygen atoms in total. The van der Waals surface area contributed by atoms with E-state index >= 15 is 0 Å². The van der Waals surface area contributed by atoms with Gasteiger partial charge in [-0.2, -0.15) is 0 Å². The molecule has 98 valence electrons. The number of nitrogens with zero attached hydrogens (tertiary/aromatic N) is 2. The second-order valence-corrected chi connectivity index (χ2v) is 6.32. The molecule has 1 aromatic heterocycles. The first-order valence-corrected chi connectivity index (χ1v) is 7.53. The molecule has 0 aliphatic carbocycles. The van der Waals surface area contributed by atoms with Gasteiger partial charge in [0.1, 0.15) is 0 Å². The van der Waals surface area contributed by atoms with Crippen LogP contribution in [0.15, 0.2) is 18.2 Å². The minimum atomic E-state index is 0.394. The number of fused-ring (bicyclic) bond motifs is 1. The van der Waals surface area contributed by atoms with Crippen LogP contribution in [0.3, 0.4) is 0 Å². The van der Waals surface area contributed by atoms with E-state index in [2.05, 4.69) is 71.1 Å². The smallest absolute Gasteiger partial charge is 0.201 e. The minimum absolute atomic E-state index is 0.394. The van der Waals surface area contributed by atoms with E-state index in [1.165, 1.54) is 9.99 Å². The Labute approximate surface area is 122 Å². The molecular formula is C14H20IN3. The molecular weight excluding hydrogens is 337 g/mol. The molecule has 1 heterocycles. The molecule has 0 saturated heterocycles. The molecule has 0 radical (unpaired) electrons. The summed E-state index contributed by atoms with van der Waals surface area (Å²) in [5.74, 6) is 1.34. The van der Waals surface area contributed by atoms with Crippen LogP contribution < -0.4 is 5.73 Å². The first kappa shape index (κ1) is 13.6. The Morgan fingerprint density at radius 3 is 2.78 bits per heavy atom. The molecule has 2 N–H and O–H groups in total. The highest BCUT2D eigenvalue weighted by atomic mass is 127. The average molecular weight is 357 g/mol.